The van der Waals surface area contributed by atoms with Gasteiger partial charge in [-0.05, 0) is 23.6 Å². The van der Waals surface area contributed by atoms with Crippen LogP contribution in [-0.4, -0.2) is 29.2 Å². The van der Waals surface area contributed by atoms with Gasteiger partial charge in [-0.2, -0.15) is 4.99 Å². The zero-order valence-electron chi connectivity index (χ0n) is 12.8. The van der Waals surface area contributed by atoms with Crippen molar-refractivity contribution < 1.29 is 9.59 Å². The topological polar surface area (TPSA) is 102 Å². The molecule has 1 unspecified atom stereocenters. The zero-order chi connectivity index (χ0) is 17.3. The van der Waals surface area contributed by atoms with Gasteiger partial charge in [-0.1, -0.05) is 37.0 Å². The van der Waals surface area contributed by atoms with Crippen molar-refractivity contribution in [3.05, 3.63) is 33.3 Å². The molecule has 1 aliphatic heterocycles. The van der Waals surface area contributed by atoms with Gasteiger partial charge in [0.15, 0.2) is 5.96 Å². The number of rotatable bonds is 4. The van der Waals surface area contributed by atoms with Gasteiger partial charge in [0.25, 0.3) is 11.8 Å². The van der Waals surface area contributed by atoms with Crippen molar-refractivity contribution in [1.82, 2.24) is 4.90 Å². The zero-order valence-corrected chi connectivity index (χ0v) is 14.4. The predicted octanol–water partition coefficient (Wildman–Crippen LogP) is 2.34. The van der Waals surface area contributed by atoms with Gasteiger partial charge < -0.3 is 16.4 Å². The molecule has 124 valence electrons. The number of hydrogen-bond acceptors (Lipinski definition) is 2. The second kappa shape index (κ2) is 6.76. The normalized spacial score (nSPS) is 16.7. The van der Waals surface area contributed by atoms with E-state index in [1.165, 1.54) is 0 Å². The van der Waals surface area contributed by atoms with Gasteiger partial charge in [0.2, 0.25) is 0 Å². The van der Waals surface area contributed by atoms with E-state index < -0.39 is 11.9 Å². The maximum absolute atomic E-state index is 12.6. The van der Waals surface area contributed by atoms with E-state index >= 15 is 0 Å². The molecule has 0 bridgehead atoms. The molecular formula is C15H18Cl2N4O2. The molecule has 0 spiro atoms. The predicted molar refractivity (Wildman–Crippen MR) is 90.5 cm³/mol. The summed E-state index contributed by atoms with van der Waals surface area (Å²) in [4.78, 5) is 29.8. The Kier molecular flexibility index (Phi) is 5.16. The number of nitrogens with two attached hydrogens (primary N) is 2. The average molecular weight is 357 g/mol. The summed E-state index contributed by atoms with van der Waals surface area (Å²) in [6, 6.07) is 2.72. The fourth-order valence-electron chi connectivity index (χ4n) is 2.67. The first-order valence-corrected chi connectivity index (χ1v) is 7.88. The third-order valence-corrected chi connectivity index (χ3v) is 4.22. The molecule has 0 saturated heterocycles. The highest BCUT2D eigenvalue weighted by Crippen LogP contribution is 2.40. The molecule has 0 radical (unpaired) electrons. The Balaban J connectivity index is 2.43. The number of nitrogens with zero attached hydrogens (tertiary/aromatic N) is 2. The molecule has 4 N–H and O–H groups in total. The van der Waals surface area contributed by atoms with Crippen molar-refractivity contribution in [3.63, 3.8) is 0 Å². The quantitative estimate of drug-likeness (QED) is 0.638. The molecule has 23 heavy (non-hydrogen) atoms. The van der Waals surface area contributed by atoms with Crippen LogP contribution in [0.5, 0.6) is 0 Å². The van der Waals surface area contributed by atoms with Crippen LogP contribution in [0.1, 0.15) is 42.2 Å². The van der Waals surface area contributed by atoms with Gasteiger partial charge in [-0.25, -0.2) is 0 Å². The molecule has 0 fully saturated rings. The van der Waals surface area contributed by atoms with E-state index in [4.69, 9.17) is 34.7 Å². The van der Waals surface area contributed by atoms with Crippen LogP contribution in [0.15, 0.2) is 17.1 Å². The monoisotopic (exact) mass is 356 g/mol. The second-order valence-electron chi connectivity index (χ2n) is 5.86. The number of aliphatic imine (C=N–C) groups is 1. The highest BCUT2D eigenvalue weighted by atomic mass is 35.5. The minimum absolute atomic E-state index is 0.0126. The number of carbonyl (C=O) groups is 2. The van der Waals surface area contributed by atoms with Crippen LogP contribution in [-0.2, 0) is 4.79 Å². The van der Waals surface area contributed by atoms with Crippen molar-refractivity contribution in [1.29, 1.82) is 0 Å². The first kappa shape index (κ1) is 17.6. The SMILES string of the molecule is CC(C)CN1C(=O)c2cc(Cl)c(Cl)cc2C1CC(=O)N=C(N)N. The minimum atomic E-state index is -0.490. The highest BCUT2D eigenvalue weighted by Gasteiger charge is 2.38. The van der Waals surface area contributed by atoms with Gasteiger partial charge >= 0.3 is 0 Å². The van der Waals surface area contributed by atoms with E-state index in [0.717, 1.165) is 0 Å². The van der Waals surface area contributed by atoms with Crippen LogP contribution in [0, 0.1) is 5.92 Å². The molecule has 0 aromatic heterocycles. The van der Waals surface area contributed by atoms with Crippen molar-refractivity contribution in [2.45, 2.75) is 26.3 Å². The van der Waals surface area contributed by atoms with Gasteiger partial charge in [0.1, 0.15) is 0 Å². The van der Waals surface area contributed by atoms with Crippen molar-refractivity contribution in [2.24, 2.45) is 22.4 Å². The molecule has 0 aliphatic carbocycles. The number of amides is 2. The van der Waals surface area contributed by atoms with Crippen molar-refractivity contribution in [3.8, 4) is 0 Å². The number of benzene rings is 1. The maximum atomic E-state index is 12.6. The van der Waals surface area contributed by atoms with Gasteiger partial charge in [-0.3, -0.25) is 9.59 Å². The fourth-order valence-corrected chi connectivity index (χ4v) is 3.00. The standard InChI is InChI=1S/C15H18Cl2N4O2/c1-7(2)6-21-12(5-13(22)20-15(18)19)8-3-10(16)11(17)4-9(8)14(21)23/h3-4,7,12H,5-6H2,1-2H3,(H4,18,19,20,22). The fraction of sp³-hybridized carbons (Fsp3) is 0.400. The average Bonchev–Trinajstić information content (AvgIpc) is 2.64. The Morgan fingerprint density at radius 1 is 1.30 bits per heavy atom. The highest BCUT2D eigenvalue weighted by molar-refractivity contribution is 6.42. The third-order valence-electron chi connectivity index (χ3n) is 3.50. The van der Waals surface area contributed by atoms with Crippen molar-refractivity contribution in [2.75, 3.05) is 6.54 Å². The van der Waals surface area contributed by atoms with Gasteiger partial charge in [-0.15, -0.1) is 0 Å². The van der Waals surface area contributed by atoms with Crippen LogP contribution >= 0.6 is 23.2 Å². The Hall–Kier alpha value is -1.79. The largest absolute Gasteiger partial charge is 0.370 e. The molecule has 1 aromatic carbocycles. The Bertz CT molecular complexity index is 684. The van der Waals surface area contributed by atoms with Crippen LogP contribution in [0.25, 0.3) is 0 Å². The molecule has 1 aliphatic rings. The second-order valence-corrected chi connectivity index (χ2v) is 6.67. The molecule has 0 saturated carbocycles. The van der Waals surface area contributed by atoms with E-state index in [0.29, 0.717) is 27.7 Å². The molecule has 2 rings (SSSR count). The molecule has 1 atom stereocenters. The molecular weight excluding hydrogens is 339 g/mol. The lowest BCUT2D eigenvalue weighted by Gasteiger charge is -2.26. The van der Waals surface area contributed by atoms with Crippen LogP contribution in [0.2, 0.25) is 10.0 Å². The summed E-state index contributed by atoms with van der Waals surface area (Å²) >= 11 is 12.1. The third kappa shape index (κ3) is 3.76. The minimum Gasteiger partial charge on any atom is -0.370 e. The number of fused-ring (bicyclic) bond motifs is 1. The van der Waals surface area contributed by atoms with Gasteiger partial charge in [0, 0.05) is 12.1 Å². The molecule has 8 heteroatoms. The lowest BCUT2D eigenvalue weighted by molar-refractivity contribution is -0.118. The molecule has 1 heterocycles. The summed E-state index contributed by atoms with van der Waals surface area (Å²) in [5.74, 6) is -0.728. The summed E-state index contributed by atoms with van der Waals surface area (Å²) in [5.41, 5.74) is 11.6. The van der Waals surface area contributed by atoms with Crippen LogP contribution < -0.4 is 11.5 Å². The molecule has 1 aromatic rings. The molecule has 2 amide bonds. The summed E-state index contributed by atoms with van der Waals surface area (Å²) < 4.78 is 0. The number of carbonyl (C=O) groups excluding carboxylic acids is 2. The van der Waals surface area contributed by atoms with E-state index in [1.807, 2.05) is 13.8 Å². The Labute approximate surface area is 144 Å². The summed E-state index contributed by atoms with van der Waals surface area (Å²) in [5, 5.41) is 0.642. The maximum Gasteiger partial charge on any atom is 0.254 e. The number of guanidine groups is 1. The summed E-state index contributed by atoms with van der Waals surface area (Å²) in [6.45, 7) is 4.48. The summed E-state index contributed by atoms with van der Waals surface area (Å²) in [7, 11) is 0. The van der Waals surface area contributed by atoms with E-state index in [2.05, 4.69) is 4.99 Å². The smallest absolute Gasteiger partial charge is 0.254 e. The number of halogens is 2. The lowest BCUT2D eigenvalue weighted by atomic mass is 10.0. The Morgan fingerprint density at radius 2 is 1.91 bits per heavy atom. The lowest BCUT2D eigenvalue weighted by Crippen LogP contribution is -2.33. The Morgan fingerprint density at radius 3 is 2.48 bits per heavy atom. The first-order valence-electron chi connectivity index (χ1n) is 7.13. The van der Waals surface area contributed by atoms with E-state index in [1.54, 1.807) is 17.0 Å². The van der Waals surface area contributed by atoms with E-state index in [-0.39, 0.29) is 24.2 Å². The molecule has 6 nitrogen and oxygen atoms in total. The number of hydrogen-bond donors (Lipinski definition) is 2. The van der Waals surface area contributed by atoms with Crippen LogP contribution in [0.4, 0.5) is 0 Å². The van der Waals surface area contributed by atoms with Crippen LogP contribution in [0.3, 0.4) is 0 Å². The van der Waals surface area contributed by atoms with Gasteiger partial charge in [0.05, 0.1) is 22.5 Å². The first-order chi connectivity index (χ1) is 10.7. The van der Waals surface area contributed by atoms with E-state index in [9.17, 15) is 9.59 Å². The van der Waals surface area contributed by atoms with Crippen molar-refractivity contribution >= 4 is 41.0 Å². The summed E-state index contributed by atoms with van der Waals surface area (Å²) in [6.07, 6.45) is -0.0126.